The highest BCUT2D eigenvalue weighted by Crippen LogP contribution is 2.52. The van der Waals surface area contributed by atoms with Gasteiger partial charge in [0, 0.05) is 16.9 Å². The molecular formula is C27H27N3O4. The van der Waals surface area contributed by atoms with Gasteiger partial charge in [-0.25, -0.2) is 4.79 Å². The SMILES string of the molecule is COc1cccc2c1O[C@@]1(C)[C@H](C(=O)Nc3ccc(C)cc3C)[C@H]2NC(=O)N1c1ccccc1. The molecule has 2 heterocycles. The fourth-order valence-electron chi connectivity index (χ4n) is 5.06. The number of rotatable bonds is 4. The molecule has 0 saturated carbocycles. The first kappa shape index (κ1) is 21.8. The summed E-state index contributed by atoms with van der Waals surface area (Å²) in [5.74, 6) is 0.0830. The molecule has 7 nitrogen and oxygen atoms in total. The molecule has 2 bridgehead atoms. The third-order valence-corrected chi connectivity index (χ3v) is 6.65. The topological polar surface area (TPSA) is 79.9 Å². The van der Waals surface area contributed by atoms with E-state index >= 15 is 0 Å². The zero-order chi connectivity index (χ0) is 24.0. The van der Waals surface area contributed by atoms with E-state index < -0.39 is 17.7 Å². The van der Waals surface area contributed by atoms with E-state index in [1.807, 2.05) is 80.6 Å². The van der Waals surface area contributed by atoms with Gasteiger partial charge in [-0.05, 0) is 50.6 Å². The predicted octanol–water partition coefficient (Wildman–Crippen LogP) is 4.95. The first-order valence-corrected chi connectivity index (χ1v) is 11.2. The molecule has 0 spiro atoms. The summed E-state index contributed by atoms with van der Waals surface area (Å²) in [4.78, 5) is 28.8. The molecule has 3 atom stereocenters. The van der Waals surface area contributed by atoms with Crippen LogP contribution in [0.4, 0.5) is 16.2 Å². The van der Waals surface area contributed by atoms with Gasteiger partial charge in [0.25, 0.3) is 0 Å². The number of hydrogen-bond donors (Lipinski definition) is 2. The second kappa shape index (κ2) is 8.09. The van der Waals surface area contributed by atoms with Crippen molar-refractivity contribution >= 4 is 23.3 Å². The summed E-state index contributed by atoms with van der Waals surface area (Å²) < 4.78 is 12.1. The van der Waals surface area contributed by atoms with Crippen molar-refractivity contribution in [2.75, 3.05) is 17.3 Å². The number of benzene rings is 3. The number of urea groups is 1. The average Bonchev–Trinajstić information content (AvgIpc) is 2.80. The molecule has 0 aliphatic carbocycles. The minimum atomic E-state index is -1.31. The lowest BCUT2D eigenvalue weighted by Gasteiger charge is -2.54. The highest BCUT2D eigenvalue weighted by atomic mass is 16.5. The monoisotopic (exact) mass is 457 g/mol. The van der Waals surface area contributed by atoms with Crippen molar-refractivity contribution in [1.82, 2.24) is 5.32 Å². The molecule has 0 radical (unpaired) electrons. The quantitative estimate of drug-likeness (QED) is 0.581. The maximum atomic E-state index is 13.9. The summed E-state index contributed by atoms with van der Waals surface area (Å²) >= 11 is 0. The van der Waals surface area contributed by atoms with Crippen molar-refractivity contribution < 1.29 is 19.1 Å². The van der Waals surface area contributed by atoms with Gasteiger partial charge < -0.3 is 20.1 Å². The highest BCUT2D eigenvalue weighted by Gasteiger charge is 2.60. The van der Waals surface area contributed by atoms with E-state index in [2.05, 4.69) is 10.6 Å². The molecule has 7 heteroatoms. The first-order chi connectivity index (χ1) is 16.3. The van der Waals surface area contributed by atoms with Crippen LogP contribution >= 0.6 is 0 Å². The van der Waals surface area contributed by atoms with E-state index in [0.29, 0.717) is 22.7 Å². The number of methoxy groups -OCH3 is 1. The van der Waals surface area contributed by atoms with Gasteiger partial charge in [-0.2, -0.15) is 0 Å². The third-order valence-electron chi connectivity index (χ3n) is 6.65. The fraction of sp³-hybridized carbons (Fsp3) is 0.259. The lowest BCUT2D eigenvalue weighted by Crippen LogP contribution is -2.72. The standard InChI is InChI=1S/C27H27N3O4/c1-16-13-14-20(17(2)15-16)28-25(31)22-23-19-11-8-12-21(33-4)24(19)34-27(22,3)30(26(32)29-23)18-9-6-5-7-10-18/h5-15,22-23H,1-4H3,(H,28,31)(H,29,32)/t22-,23-,27-/m0/s1. The van der Waals surface area contributed by atoms with Crippen LogP contribution in [0.25, 0.3) is 0 Å². The zero-order valence-corrected chi connectivity index (χ0v) is 19.6. The number of carbonyl (C=O) groups excluding carboxylic acids is 2. The van der Waals surface area contributed by atoms with E-state index in [4.69, 9.17) is 9.47 Å². The zero-order valence-electron chi connectivity index (χ0n) is 19.6. The number of hydrogen-bond acceptors (Lipinski definition) is 4. The normalized spacial score (nSPS) is 22.8. The smallest absolute Gasteiger partial charge is 0.325 e. The summed E-state index contributed by atoms with van der Waals surface area (Å²) in [6, 6.07) is 19.7. The van der Waals surface area contributed by atoms with E-state index in [9.17, 15) is 9.59 Å². The van der Waals surface area contributed by atoms with Gasteiger partial charge in [-0.1, -0.05) is 48.0 Å². The van der Waals surface area contributed by atoms with E-state index in [0.717, 1.165) is 16.8 Å². The van der Waals surface area contributed by atoms with Crippen LogP contribution < -0.4 is 25.0 Å². The molecule has 2 aliphatic rings. The molecule has 34 heavy (non-hydrogen) atoms. The predicted molar refractivity (Wildman–Crippen MR) is 130 cm³/mol. The number of amides is 3. The molecule has 1 saturated heterocycles. The Bertz CT molecular complexity index is 1280. The van der Waals surface area contributed by atoms with Gasteiger partial charge in [0.2, 0.25) is 11.6 Å². The highest BCUT2D eigenvalue weighted by molar-refractivity contribution is 6.01. The van der Waals surface area contributed by atoms with Crippen LogP contribution in [0.1, 0.15) is 29.7 Å². The molecule has 2 N–H and O–H groups in total. The average molecular weight is 458 g/mol. The Kier molecular flexibility index (Phi) is 5.20. The molecule has 0 unspecified atom stereocenters. The number of nitrogens with zero attached hydrogens (tertiary/aromatic N) is 1. The van der Waals surface area contributed by atoms with Crippen molar-refractivity contribution in [3.63, 3.8) is 0 Å². The Morgan fingerprint density at radius 3 is 2.56 bits per heavy atom. The lowest BCUT2D eigenvalue weighted by atomic mass is 9.78. The Labute approximate surface area is 198 Å². The summed E-state index contributed by atoms with van der Waals surface area (Å²) in [6.45, 7) is 5.75. The molecule has 2 aliphatic heterocycles. The number of para-hydroxylation sites is 2. The van der Waals surface area contributed by atoms with Crippen LogP contribution in [0, 0.1) is 19.8 Å². The Balaban J connectivity index is 1.64. The number of anilines is 2. The second-order valence-electron chi connectivity index (χ2n) is 8.92. The van der Waals surface area contributed by atoms with Crippen molar-refractivity contribution in [1.29, 1.82) is 0 Å². The molecule has 174 valence electrons. The summed E-state index contributed by atoms with van der Waals surface area (Å²) in [6.07, 6.45) is 0. The Morgan fingerprint density at radius 2 is 1.85 bits per heavy atom. The molecule has 3 amide bonds. The van der Waals surface area contributed by atoms with Crippen LogP contribution in [-0.2, 0) is 4.79 Å². The van der Waals surface area contributed by atoms with Crippen molar-refractivity contribution in [2.24, 2.45) is 5.92 Å². The molecule has 0 aromatic heterocycles. The number of nitrogens with one attached hydrogen (secondary N) is 2. The number of aryl methyl sites for hydroxylation is 2. The number of fused-ring (bicyclic) bond motifs is 4. The van der Waals surface area contributed by atoms with Crippen LogP contribution in [0.5, 0.6) is 11.5 Å². The van der Waals surface area contributed by atoms with Gasteiger partial charge in [-0.15, -0.1) is 0 Å². The summed E-state index contributed by atoms with van der Waals surface area (Å²) in [5.41, 5.74) is 2.84. The number of carbonyl (C=O) groups is 2. The van der Waals surface area contributed by atoms with Gasteiger partial charge in [-0.3, -0.25) is 9.69 Å². The molecule has 5 rings (SSSR count). The summed E-state index contributed by atoms with van der Waals surface area (Å²) in [7, 11) is 1.57. The van der Waals surface area contributed by atoms with Crippen LogP contribution in [-0.4, -0.2) is 24.8 Å². The lowest BCUT2D eigenvalue weighted by molar-refractivity contribution is -0.131. The maximum absolute atomic E-state index is 13.9. The van der Waals surface area contributed by atoms with Crippen LogP contribution in [0.15, 0.2) is 66.7 Å². The molecular weight excluding hydrogens is 430 g/mol. The molecule has 3 aromatic rings. The van der Waals surface area contributed by atoms with Crippen molar-refractivity contribution in [3.05, 3.63) is 83.4 Å². The van der Waals surface area contributed by atoms with E-state index in [-0.39, 0.29) is 11.9 Å². The van der Waals surface area contributed by atoms with Gasteiger partial charge >= 0.3 is 6.03 Å². The van der Waals surface area contributed by atoms with E-state index in [1.54, 1.807) is 14.0 Å². The van der Waals surface area contributed by atoms with Gasteiger partial charge in [0.15, 0.2) is 11.5 Å². The second-order valence-corrected chi connectivity index (χ2v) is 8.92. The summed E-state index contributed by atoms with van der Waals surface area (Å²) in [5, 5.41) is 6.14. The fourth-order valence-corrected chi connectivity index (χ4v) is 5.06. The van der Waals surface area contributed by atoms with Crippen molar-refractivity contribution in [3.8, 4) is 11.5 Å². The first-order valence-electron chi connectivity index (χ1n) is 11.2. The maximum Gasteiger partial charge on any atom is 0.325 e. The van der Waals surface area contributed by atoms with Crippen molar-refractivity contribution in [2.45, 2.75) is 32.5 Å². The minimum Gasteiger partial charge on any atom is -0.493 e. The van der Waals surface area contributed by atoms with Crippen LogP contribution in [0.3, 0.4) is 0 Å². The Hall–Kier alpha value is -4.00. The third kappa shape index (κ3) is 3.36. The Morgan fingerprint density at radius 1 is 1.09 bits per heavy atom. The molecule has 1 fully saturated rings. The molecule has 3 aromatic carbocycles. The van der Waals surface area contributed by atoms with Gasteiger partial charge in [0.05, 0.1) is 13.2 Å². The largest absolute Gasteiger partial charge is 0.493 e. The van der Waals surface area contributed by atoms with Crippen LogP contribution in [0.2, 0.25) is 0 Å². The minimum absolute atomic E-state index is 0.242. The number of ether oxygens (including phenoxy) is 2. The van der Waals surface area contributed by atoms with E-state index in [1.165, 1.54) is 4.90 Å². The van der Waals surface area contributed by atoms with Gasteiger partial charge in [0.1, 0.15) is 5.92 Å².